The number of ether oxygens (including phenoxy) is 3. The Morgan fingerprint density at radius 2 is 1.76 bits per heavy atom. The first-order valence-electron chi connectivity index (χ1n) is 10.5. The third-order valence-corrected chi connectivity index (χ3v) is 6.55. The van der Waals surface area contributed by atoms with Gasteiger partial charge < -0.3 is 24.1 Å². The van der Waals surface area contributed by atoms with E-state index in [1.54, 1.807) is 46.8 Å². The normalized spacial score (nSPS) is 15.8. The number of amides is 1. The Labute approximate surface area is 193 Å². The summed E-state index contributed by atoms with van der Waals surface area (Å²) in [6, 6.07) is 6.12. The highest BCUT2D eigenvalue weighted by Crippen LogP contribution is 2.22. The summed E-state index contributed by atoms with van der Waals surface area (Å²) in [4.78, 5) is 16.5. The first-order valence-corrected chi connectivity index (χ1v) is 12.0. The van der Waals surface area contributed by atoms with Crippen LogP contribution in [-0.2, 0) is 31.6 Å². The standard InChI is InChI=1S/C21H30N4O7S/c1-20(2,3)31-19(26)23-21(4,5)18-22-17(32-24-18)14-30-15-6-8-16(9-7-15)33(27,28)25-10-12-29-13-11-25/h6-9H,10-14H2,1-5H3,(H,23,26). The van der Waals surface area contributed by atoms with Crippen LogP contribution in [0.5, 0.6) is 5.75 Å². The van der Waals surface area contributed by atoms with E-state index in [4.69, 9.17) is 18.7 Å². The van der Waals surface area contributed by atoms with Gasteiger partial charge in [-0.1, -0.05) is 5.16 Å². The number of nitrogens with one attached hydrogen (secondary N) is 1. The van der Waals surface area contributed by atoms with Gasteiger partial charge in [-0.3, -0.25) is 0 Å². The molecule has 2 heterocycles. The SMILES string of the molecule is CC(C)(C)OC(=O)NC(C)(C)c1noc(COc2ccc(S(=O)(=O)N3CCOCC3)cc2)n1. The van der Waals surface area contributed by atoms with Crippen LogP contribution in [0, 0.1) is 0 Å². The third-order valence-electron chi connectivity index (χ3n) is 4.63. The number of carbonyl (C=O) groups is 1. The van der Waals surface area contributed by atoms with Crippen molar-refractivity contribution < 1.29 is 31.9 Å². The Morgan fingerprint density at radius 1 is 1.12 bits per heavy atom. The van der Waals surface area contributed by atoms with Gasteiger partial charge in [-0.15, -0.1) is 0 Å². The number of benzene rings is 1. The Hall–Kier alpha value is -2.70. The van der Waals surface area contributed by atoms with E-state index in [-0.39, 0.29) is 23.2 Å². The highest BCUT2D eigenvalue weighted by molar-refractivity contribution is 7.89. The number of rotatable bonds is 7. The molecule has 0 atom stereocenters. The van der Waals surface area contributed by atoms with Crippen molar-refractivity contribution in [1.29, 1.82) is 0 Å². The topological polar surface area (TPSA) is 133 Å². The van der Waals surface area contributed by atoms with Gasteiger partial charge in [0.15, 0.2) is 12.4 Å². The zero-order valence-corrected chi connectivity index (χ0v) is 20.3. The number of alkyl carbamates (subject to hydrolysis) is 1. The minimum absolute atomic E-state index is 0.0227. The smallest absolute Gasteiger partial charge is 0.408 e. The van der Waals surface area contributed by atoms with Crippen LogP contribution in [0.2, 0.25) is 0 Å². The van der Waals surface area contributed by atoms with Crippen LogP contribution < -0.4 is 10.1 Å². The van der Waals surface area contributed by atoms with Crippen molar-refractivity contribution in [2.45, 2.75) is 57.3 Å². The lowest BCUT2D eigenvalue weighted by Crippen LogP contribution is -2.44. The van der Waals surface area contributed by atoms with Crippen molar-refractivity contribution in [1.82, 2.24) is 19.8 Å². The number of aromatic nitrogens is 2. The van der Waals surface area contributed by atoms with E-state index in [0.717, 1.165) is 0 Å². The Kier molecular flexibility index (Phi) is 7.29. The third kappa shape index (κ3) is 6.65. The molecule has 0 spiro atoms. The highest BCUT2D eigenvalue weighted by atomic mass is 32.2. The number of nitrogens with zero attached hydrogens (tertiary/aromatic N) is 3. The lowest BCUT2D eigenvalue weighted by molar-refractivity contribution is 0.0465. The van der Waals surface area contributed by atoms with Crippen LogP contribution >= 0.6 is 0 Å². The molecule has 3 rings (SSSR count). The maximum absolute atomic E-state index is 12.7. The molecule has 1 saturated heterocycles. The summed E-state index contributed by atoms with van der Waals surface area (Å²) < 4.78 is 48.1. The van der Waals surface area contributed by atoms with Crippen LogP contribution in [0.1, 0.15) is 46.3 Å². The predicted molar refractivity (Wildman–Crippen MR) is 117 cm³/mol. The molecule has 1 N–H and O–H groups in total. The molecule has 1 aliphatic heterocycles. The molecular formula is C21H30N4O7S. The summed E-state index contributed by atoms with van der Waals surface area (Å²) in [5.74, 6) is 0.912. The van der Waals surface area contributed by atoms with Gasteiger partial charge in [0.1, 0.15) is 16.9 Å². The number of hydrogen-bond donors (Lipinski definition) is 1. The van der Waals surface area contributed by atoms with Gasteiger partial charge in [0, 0.05) is 13.1 Å². The van der Waals surface area contributed by atoms with Gasteiger partial charge in [0.05, 0.1) is 18.1 Å². The van der Waals surface area contributed by atoms with E-state index >= 15 is 0 Å². The van der Waals surface area contributed by atoms with Gasteiger partial charge >= 0.3 is 6.09 Å². The average Bonchev–Trinajstić information content (AvgIpc) is 3.21. The van der Waals surface area contributed by atoms with Crippen molar-refractivity contribution in [2.24, 2.45) is 0 Å². The summed E-state index contributed by atoms with van der Waals surface area (Å²) in [5.41, 5.74) is -1.56. The first kappa shape index (κ1) is 24.9. The van der Waals surface area contributed by atoms with Gasteiger partial charge in [0.2, 0.25) is 10.0 Å². The second-order valence-electron chi connectivity index (χ2n) is 9.04. The van der Waals surface area contributed by atoms with E-state index in [0.29, 0.717) is 32.1 Å². The predicted octanol–water partition coefficient (Wildman–Crippen LogP) is 2.43. The molecule has 0 radical (unpaired) electrons. The van der Waals surface area contributed by atoms with Crippen molar-refractivity contribution >= 4 is 16.1 Å². The van der Waals surface area contributed by atoms with Crippen LogP contribution in [0.15, 0.2) is 33.7 Å². The second kappa shape index (κ2) is 9.65. The largest absolute Gasteiger partial charge is 0.484 e. The van der Waals surface area contributed by atoms with Gasteiger partial charge in [-0.25, -0.2) is 13.2 Å². The number of hydrogen-bond acceptors (Lipinski definition) is 9. The van der Waals surface area contributed by atoms with Crippen molar-refractivity contribution in [2.75, 3.05) is 26.3 Å². The fraction of sp³-hybridized carbons (Fsp3) is 0.571. The number of carbonyl (C=O) groups excluding carboxylic acids is 1. The molecule has 0 unspecified atom stereocenters. The molecule has 1 amide bonds. The minimum Gasteiger partial charge on any atom is -0.484 e. The van der Waals surface area contributed by atoms with Gasteiger partial charge in [0.25, 0.3) is 5.89 Å². The Bertz CT molecular complexity index is 1050. The summed E-state index contributed by atoms with van der Waals surface area (Å²) in [7, 11) is -3.57. The number of morpholine rings is 1. The van der Waals surface area contributed by atoms with E-state index in [1.165, 1.54) is 16.4 Å². The summed E-state index contributed by atoms with van der Waals surface area (Å²) in [6.07, 6.45) is -0.595. The molecule has 0 aliphatic carbocycles. The monoisotopic (exact) mass is 482 g/mol. The second-order valence-corrected chi connectivity index (χ2v) is 11.0. The molecule has 2 aromatic rings. The van der Waals surface area contributed by atoms with Crippen molar-refractivity contribution in [3.05, 3.63) is 36.0 Å². The molecule has 1 fully saturated rings. The zero-order valence-electron chi connectivity index (χ0n) is 19.5. The quantitative estimate of drug-likeness (QED) is 0.631. The fourth-order valence-electron chi connectivity index (χ4n) is 2.97. The molecule has 0 bridgehead atoms. The van der Waals surface area contributed by atoms with Crippen LogP contribution in [0.3, 0.4) is 0 Å². The summed E-state index contributed by atoms with van der Waals surface area (Å²) in [5, 5.41) is 6.62. The molecular weight excluding hydrogens is 452 g/mol. The molecule has 0 saturated carbocycles. The van der Waals surface area contributed by atoms with Crippen LogP contribution in [-0.4, -0.2) is 60.9 Å². The molecule has 1 aromatic carbocycles. The number of sulfonamides is 1. The molecule has 1 aliphatic rings. The lowest BCUT2D eigenvalue weighted by Gasteiger charge is -2.26. The van der Waals surface area contributed by atoms with Gasteiger partial charge in [-0.05, 0) is 58.9 Å². The Balaban J connectivity index is 1.58. The van der Waals surface area contributed by atoms with Crippen LogP contribution in [0.25, 0.3) is 0 Å². The maximum Gasteiger partial charge on any atom is 0.408 e. The minimum atomic E-state index is -3.57. The molecule has 182 valence electrons. The zero-order chi connectivity index (χ0) is 24.3. The average molecular weight is 483 g/mol. The summed E-state index contributed by atoms with van der Waals surface area (Å²) in [6.45, 7) is 10.2. The summed E-state index contributed by atoms with van der Waals surface area (Å²) >= 11 is 0. The van der Waals surface area contributed by atoms with Crippen LogP contribution in [0.4, 0.5) is 4.79 Å². The van der Waals surface area contributed by atoms with Crippen molar-refractivity contribution in [3.63, 3.8) is 0 Å². The first-order chi connectivity index (χ1) is 15.4. The molecule has 12 heteroatoms. The molecule has 1 aromatic heterocycles. The van der Waals surface area contributed by atoms with Crippen molar-refractivity contribution in [3.8, 4) is 5.75 Å². The van der Waals surface area contributed by atoms with E-state index in [9.17, 15) is 13.2 Å². The lowest BCUT2D eigenvalue weighted by atomic mass is 10.1. The van der Waals surface area contributed by atoms with E-state index < -0.39 is 27.3 Å². The fourth-order valence-corrected chi connectivity index (χ4v) is 4.38. The highest BCUT2D eigenvalue weighted by Gasteiger charge is 2.31. The van der Waals surface area contributed by atoms with E-state index in [1.807, 2.05) is 0 Å². The molecule has 11 nitrogen and oxygen atoms in total. The molecule has 33 heavy (non-hydrogen) atoms. The maximum atomic E-state index is 12.7. The van der Waals surface area contributed by atoms with E-state index in [2.05, 4.69) is 15.5 Å². The Morgan fingerprint density at radius 3 is 2.36 bits per heavy atom. The van der Waals surface area contributed by atoms with Gasteiger partial charge in [-0.2, -0.15) is 9.29 Å².